The van der Waals surface area contributed by atoms with E-state index in [1.165, 1.54) is 128 Å². The van der Waals surface area contributed by atoms with E-state index in [2.05, 4.69) is 6.92 Å². The molecule has 0 fully saturated rings. The second-order valence-corrected chi connectivity index (χ2v) is 11.2. The lowest BCUT2D eigenvalue weighted by molar-refractivity contribution is -0.142. The zero-order chi connectivity index (χ0) is 25.8. The van der Waals surface area contributed by atoms with Crippen LogP contribution in [-0.2, 0) is 4.79 Å². The average molecular weight is 497 g/mol. The molecule has 0 rings (SSSR count). The highest BCUT2D eigenvalue weighted by Crippen LogP contribution is 2.20. The Hall–Kier alpha value is -0.570. The molecule has 3 heteroatoms. The van der Waals surface area contributed by atoms with Gasteiger partial charge in [0, 0.05) is 0 Å². The molecular weight excluding hydrogens is 432 g/mol. The third kappa shape index (κ3) is 26.3. The van der Waals surface area contributed by atoms with Crippen LogP contribution in [0.4, 0.5) is 0 Å². The summed E-state index contributed by atoms with van der Waals surface area (Å²) in [4.78, 5) is 11.6. The molecule has 0 spiro atoms. The smallest absolute Gasteiger partial charge is 0.306 e. The number of aliphatic hydroxyl groups excluding tert-OH is 1. The van der Waals surface area contributed by atoms with Crippen LogP contribution in [0.5, 0.6) is 0 Å². The molecule has 2 unspecified atom stereocenters. The minimum absolute atomic E-state index is 0.114. The van der Waals surface area contributed by atoms with Crippen LogP contribution < -0.4 is 0 Å². The summed E-state index contributed by atoms with van der Waals surface area (Å²) >= 11 is 0. The first-order valence-corrected chi connectivity index (χ1v) is 16.0. The first-order valence-electron chi connectivity index (χ1n) is 16.0. The summed E-state index contributed by atoms with van der Waals surface area (Å²) in [6, 6.07) is 0. The van der Waals surface area contributed by atoms with Gasteiger partial charge in [0.05, 0.1) is 12.0 Å². The van der Waals surface area contributed by atoms with Gasteiger partial charge in [-0.15, -0.1) is 0 Å². The zero-order valence-electron chi connectivity index (χ0n) is 24.0. The highest BCUT2D eigenvalue weighted by molar-refractivity contribution is 5.69. The summed E-state index contributed by atoms with van der Waals surface area (Å²) < 4.78 is 0. The molecule has 2 atom stereocenters. The normalized spacial score (nSPS) is 13.2. The van der Waals surface area contributed by atoms with Crippen molar-refractivity contribution in [2.24, 2.45) is 5.92 Å². The fourth-order valence-corrected chi connectivity index (χ4v) is 5.19. The lowest BCUT2D eigenvalue weighted by Crippen LogP contribution is -2.13. The van der Waals surface area contributed by atoms with Gasteiger partial charge in [-0.1, -0.05) is 162 Å². The molecule has 0 radical (unpaired) electrons. The van der Waals surface area contributed by atoms with Crippen LogP contribution in [-0.4, -0.2) is 22.3 Å². The lowest BCUT2D eigenvalue weighted by Gasteiger charge is -2.12. The minimum Gasteiger partial charge on any atom is -0.481 e. The number of hydrogen-bond donors (Lipinski definition) is 2. The van der Waals surface area contributed by atoms with Gasteiger partial charge in [-0.2, -0.15) is 0 Å². The van der Waals surface area contributed by atoms with Crippen LogP contribution in [0, 0.1) is 5.92 Å². The van der Waals surface area contributed by atoms with Crippen LogP contribution in [0.25, 0.3) is 0 Å². The Bertz CT molecular complexity index is 423. The summed E-state index contributed by atoms with van der Waals surface area (Å²) in [6.45, 7) is 4.32. The van der Waals surface area contributed by atoms with Crippen LogP contribution in [0.3, 0.4) is 0 Å². The van der Waals surface area contributed by atoms with E-state index in [9.17, 15) is 15.0 Å². The third-order valence-electron chi connectivity index (χ3n) is 7.82. The van der Waals surface area contributed by atoms with E-state index in [1.807, 2.05) is 6.92 Å². The Kier molecular flexibility index (Phi) is 27.6. The summed E-state index contributed by atoms with van der Waals surface area (Å²) in [6.07, 6.45) is 33.5. The van der Waals surface area contributed by atoms with Gasteiger partial charge >= 0.3 is 5.97 Å². The van der Waals surface area contributed by atoms with Crippen LogP contribution in [0.1, 0.15) is 187 Å². The van der Waals surface area contributed by atoms with Gasteiger partial charge in [-0.3, -0.25) is 4.79 Å². The molecule has 0 saturated carbocycles. The van der Waals surface area contributed by atoms with E-state index in [0.717, 1.165) is 44.9 Å². The van der Waals surface area contributed by atoms with Crippen LogP contribution >= 0.6 is 0 Å². The molecular formula is C32H64O3. The molecule has 3 nitrogen and oxygen atoms in total. The van der Waals surface area contributed by atoms with Gasteiger partial charge in [0.25, 0.3) is 0 Å². The van der Waals surface area contributed by atoms with Crippen LogP contribution in [0.15, 0.2) is 0 Å². The summed E-state index contributed by atoms with van der Waals surface area (Å²) in [5.41, 5.74) is 0. The molecule has 0 saturated heterocycles. The van der Waals surface area contributed by atoms with Crippen molar-refractivity contribution in [1.82, 2.24) is 0 Å². The monoisotopic (exact) mass is 496 g/mol. The van der Waals surface area contributed by atoms with Crippen molar-refractivity contribution in [3.63, 3.8) is 0 Å². The van der Waals surface area contributed by atoms with Gasteiger partial charge in [0.2, 0.25) is 0 Å². The molecule has 2 N–H and O–H groups in total. The molecule has 0 heterocycles. The van der Waals surface area contributed by atoms with E-state index >= 15 is 0 Å². The number of carboxylic acids is 1. The molecule has 0 aliphatic heterocycles. The van der Waals surface area contributed by atoms with E-state index in [-0.39, 0.29) is 12.0 Å². The number of rotatable bonds is 29. The molecule has 0 bridgehead atoms. The predicted molar refractivity (Wildman–Crippen MR) is 153 cm³/mol. The zero-order valence-corrected chi connectivity index (χ0v) is 24.0. The maximum absolute atomic E-state index is 11.6. The number of carboxylic acid groups (broad SMARTS) is 1. The third-order valence-corrected chi connectivity index (χ3v) is 7.82. The second kappa shape index (κ2) is 28.0. The lowest BCUT2D eigenvalue weighted by atomic mass is 9.94. The maximum Gasteiger partial charge on any atom is 0.306 e. The number of aliphatic carboxylic acids is 1. The van der Waals surface area contributed by atoms with Crippen molar-refractivity contribution in [1.29, 1.82) is 0 Å². The first kappa shape index (κ1) is 34.4. The van der Waals surface area contributed by atoms with E-state index in [0.29, 0.717) is 0 Å². The number of carbonyl (C=O) groups is 1. The fourth-order valence-electron chi connectivity index (χ4n) is 5.19. The first-order chi connectivity index (χ1) is 17.1. The quantitative estimate of drug-likeness (QED) is 0.101. The number of unbranched alkanes of at least 4 members (excludes halogenated alkanes) is 21. The Morgan fingerprint density at radius 3 is 1.06 bits per heavy atom. The predicted octanol–water partition coefficient (Wildman–Crippen LogP) is 10.6. The van der Waals surface area contributed by atoms with Gasteiger partial charge < -0.3 is 10.2 Å². The van der Waals surface area contributed by atoms with Crippen molar-refractivity contribution in [3.05, 3.63) is 0 Å². The highest BCUT2D eigenvalue weighted by atomic mass is 16.4. The summed E-state index contributed by atoms with van der Waals surface area (Å²) in [7, 11) is 0. The van der Waals surface area contributed by atoms with Gasteiger partial charge in [0.15, 0.2) is 0 Å². The van der Waals surface area contributed by atoms with Crippen LogP contribution in [0.2, 0.25) is 0 Å². The summed E-state index contributed by atoms with van der Waals surface area (Å²) in [5, 5.41) is 19.1. The van der Waals surface area contributed by atoms with Gasteiger partial charge in [-0.05, 0) is 25.7 Å². The van der Waals surface area contributed by atoms with E-state index in [4.69, 9.17) is 0 Å². The summed E-state index contributed by atoms with van der Waals surface area (Å²) in [5.74, 6) is -0.711. The molecule has 0 aromatic rings. The largest absolute Gasteiger partial charge is 0.481 e. The van der Waals surface area contributed by atoms with Crippen molar-refractivity contribution in [3.8, 4) is 0 Å². The molecule has 0 aliphatic carbocycles. The molecule has 0 aromatic heterocycles. The van der Waals surface area contributed by atoms with Crippen molar-refractivity contribution >= 4 is 5.97 Å². The Balaban J connectivity index is 3.41. The van der Waals surface area contributed by atoms with Crippen molar-refractivity contribution in [2.45, 2.75) is 193 Å². The number of hydrogen-bond acceptors (Lipinski definition) is 2. The Labute approximate surface area is 220 Å². The second-order valence-electron chi connectivity index (χ2n) is 11.2. The average Bonchev–Trinajstić information content (AvgIpc) is 2.85. The minimum atomic E-state index is -0.583. The fraction of sp³-hybridized carbons (Fsp3) is 0.969. The van der Waals surface area contributed by atoms with Crippen molar-refractivity contribution in [2.75, 3.05) is 0 Å². The Morgan fingerprint density at radius 2 is 0.771 bits per heavy atom. The molecule has 0 aromatic carbocycles. The molecule has 0 amide bonds. The standard InChI is InChI=1S/C32H64O3/c1-3-5-6-7-8-9-10-11-12-13-14-15-16-18-21-24-27-30(32(34)35)28-25-22-19-17-20-23-26-29-31(33)4-2/h30-31,33H,3-29H2,1-2H3,(H,34,35). The van der Waals surface area contributed by atoms with E-state index < -0.39 is 5.97 Å². The SMILES string of the molecule is CCCCCCCCCCCCCCCCCCC(CCCCCCCCCC(O)CC)C(=O)O. The topological polar surface area (TPSA) is 57.5 Å². The molecule has 210 valence electrons. The Morgan fingerprint density at radius 1 is 0.486 bits per heavy atom. The number of aliphatic hydroxyl groups is 1. The van der Waals surface area contributed by atoms with Gasteiger partial charge in [-0.25, -0.2) is 0 Å². The maximum atomic E-state index is 11.6. The van der Waals surface area contributed by atoms with Crippen molar-refractivity contribution < 1.29 is 15.0 Å². The highest BCUT2D eigenvalue weighted by Gasteiger charge is 2.16. The van der Waals surface area contributed by atoms with Gasteiger partial charge in [0.1, 0.15) is 0 Å². The molecule has 35 heavy (non-hydrogen) atoms. The van der Waals surface area contributed by atoms with E-state index in [1.54, 1.807) is 0 Å². The molecule has 0 aliphatic rings.